The zero-order valence-corrected chi connectivity index (χ0v) is 10.6. The van der Waals surface area contributed by atoms with Gasteiger partial charge in [0.1, 0.15) is 5.75 Å². The number of carbonyl (C=O) groups is 1. The maximum absolute atomic E-state index is 11.5. The molecule has 18 heavy (non-hydrogen) atoms. The quantitative estimate of drug-likeness (QED) is 0.857. The van der Waals surface area contributed by atoms with Gasteiger partial charge in [-0.1, -0.05) is 13.0 Å². The van der Waals surface area contributed by atoms with Gasteiger partial charge < -0.3 is 15.2 Å². The largest absolute Gasteiger partial charge is 0.508 e. The molecule has 0 saturated carbocycles. The van der Waals surface area contributed by atoms with Crippen molar-refractivity contribution in [3.63, 3.8) is 0 Å². The third kappa shape index (κ3) is 3.01. The molecule has 1 atom stereocenters. The number of fused-ring (bicyclic) bond motifs is 1. The van der Waals surface area contributed by atoms with E-state index >= 15 is 0 Å². The van der Waals surface area contributed by atoms with Gasteiger partial charge in [-0.2, -0.15) is 0 Å². The summed E-state index contributed by atoms with van der Waals surface area (Å²) in [5, 5.41) is 12.4. The second-order valence-corrected chi connectivity index (χ2v) is 4.65. The molecule has 0 saturated heterocycles. The fourth-order valence-corrected chi connectivity index (χ4v) is 2.24. The zero-order valence-electron chi connectivity index (χ0n) is 10.6. The van der Waals surface area contributed by atoms with Crippen LogP contribution in [0.15, 0.2) is 18.2 Å². The SMILES string of the molecule is CCCC(=O)NCC1COCc2cc(O)ccc21. The van der Waals surface area contributed by atoms with Crippen LogP contribution in [0.2, 0.25) is 0 Å². The minimum Gasteiger partial charge on any atom is -0.508 e. The predicted octanol–water partition coefficient (Wildman–Crippen LogP) is 1.92. The van der Waals surface area contributed by atoms with E-state index in [1.54, 1.807) is 12.1 Å². The Bertz CT molecular complexity index is 431. The topological polar surface area (TPSA) is 58.6 Å². The Morgan fingerprint density at radius 1 is 1.56 bits per heavy atom. The Morgan fingerprint density at radius 2 is 2.39 bits per heavy atom. The van der Waals surface area contributed by atoms with Gasteiger partial charge in [0.15, 0.2) is 0 Å². The van der Waals surface area contributed by atoms with Crippen LogP contribution >= 0.6 is 0 Å². The van der Waals surface area contributed by atoms with E-state index in [0.29, 0.717) is 26.2 Å². The highest BCUT2D eigenvalue weighted by Crippen LogP contribution is 2.28. The summed E-state index contributed by atoms with van der Waals surface area (Å²) in [5.74, 6) is 0.520. The monoisotopic (exact) mass is 249 g/mol. The minimum atomic E-state index is 0.0865. The molecule has 98 valence electrons. The van der Waals surface area contributed by atoms with E-state index in [4.69, 9.17) is 4.74 Å². The molecule has 1 aromatic carbocycles. The van der Waals surface area contributed by atoms with E-state index in [9.17, 15) is 9.90 Å². The molecule has 1 amide bonds. The third-order valence-corrected chi connectivity index (χ3v) is 3.17. The lowest BCUT2D eigenvalue weighted by Crippen LogP contribution is -2.32. The smallest absolute Gasteiger partial charge is 0.220 e. The van der Waals surface area contributed by atoms with Gasteiger partial charge in [-0.3, -0.25) is 4.79 Å². The van der Waals surface area contributed by atoms with Gasteiger partial charge in [0.25, 0.3) is 0 Å². The first-order valence-corrected chi connectivity index (χ1v) is 6.37. The second kappa shape index (κ2) is 5.87. The zero-order chi connectivity index (χ0) is 13.0. The van der Waals surface area contributed by atoms with E-state index in [1.807, 2.05) is 13.0 Å². The third-order valence-electron chi connectivity index (χ3n) is 3.17. The van der Waals surface area contributed by atoms with Crippen molar-refractivity contribution in [1.29, 1.82) is 0 Å². The highest BCUT2D eigenvalue weighted by molar-refractivity contribution is 5.75. The van der Waals surface area contributed by atoms with Crippen molar-refractivity contribution in [3.05, 3.63) is 29.3 Å². The fraction of sp³-hybridized carbons (Fsp3) is 0.500. The van der Waals surface area contributed by atoms with Crippen LogP contribution in [0, 0.1) is 0 Å². The summed E-state index contributed by atoms with van der Waals surface area (Å²) in [6.07, 6.45) is 1.42. The molecule has 1 aliphatic rings. The lowest BCUT2D eigenvalue weighted by molar-refractivity contribution is -0.121. The summed E-state index contributed by atoms with van der Waals surface area (Å²) < 4.78 is 5.49. The summed E-state index contributed by atoms with van der Waals surface area (Å²) in [6.45, 7) is 3.73. The number of carbonyl (C=O) groups excluding carboxylic acids is 1. The van der Waals surface area contributed by atoms with Crippen LogP contribution < -0.4 is 5.32 Å². The molecule has 0 spiro atoms. The highest BCUT2D eigenvalue weighted by atomic mass is 16.5. The normalized spacial score (nSPS) is 18.2. The summed E-state index contributed by atoms with van der Waals surface area (Å²) in [5.41, 5.74) is 2.17. The number of amides is 1. The Balaban J connectivity index is 2.01. The molecule has 2 rings (SSSR count). The lowest BCUT2D eigenvalue weighted by Gasteiger charge is -2.26. The van der Waals surface area contributed by atoms with Crippen LogP contribution in [0.3, 0.4) is 0 Å². The number of hydrogen-bond acceptors (Lipinski definition) is 3. The number of phenolic OH excluding ortho intramolecular Hbond substituents is 1. The van der Waals surface area contributed by atoms with Crippen LogP contribution in [0.1, 0.15) is 36.8 Å². The van der Waals surface area contributed by atoms with Gasteiger partial charge in [-0.25, -0.2) is 0 Å². The first kappa shape index (κ1) is 12.9. The van der Waals surface area contributed by atoms with Crippen molar-refractivity contribution in [3.8, 4) is 5.75 Å². The molecule has 1 heterocycles. The summed E-state index contributed by atoms with van der Waals surface area (Å²) in [6, 6.07) is 5.34. The van der Waals surface area contributed by atoms with E-state index in [1.165, 1.54) is 0 Å². The molecule has 0 fully saturated rings. The van der Waals surface area contributed by atoms with E-state index in [0.717, 1.165) is 17.5 Å². The van der Waals surface area contributed by atoms with Crippen molar-refractivity contribution < 1.29 is 14.6 Å². The number of benzene rings is 1. The summed E-state index contributed by atoms with van der Waals surface area (Å²) >= 11 is 0. The molecule has 1 aliphatic heterocycles. The van der Waals surface area contributed by atoms with Gasteiger partial charge >= 0.3 is 0 Å². The van der Waals surface area contributed by atoms with Crippen LogP contribution in [-0.4, -0.2) is 24.2 Å². The number of phenols is 1. The Kier molecular flexibility index (Phi) is 4.20. The number of aromatic hydroxyl groups is 1. The van der Waals surface area contributed by atoms with Gasteiger partial charge in [-0.05, 0) is 29.7 Å². The fourth-order valence-electron chi connectivity index (χ4n) is 2.24. The van der Waals surface area contributed by atoms with Gasteiger partial charge in [0.2, 0.25) is 5.91 Å². The maximum atomic E-state index is 11.5. The molecular formula is C14H19NO3. The lowest BCUT2D eigenvalue weighted by atomic mass is 9.92. The van der Waals surface area contributed by atoms with Gasteiger partial charge in [-0.15, -0.1) is 0 Å². The Morgan fingerprint density at radius 3 is 3.17 bits per heavy atom. The molecule has 4 nitrogen and oxygen atoms in total. The highest BCUT2D eigenvalue weighted by Gasteiger charge is 2.21. The molecule has 0 radical (unpaired) electrons. The first-order valence-electron chi connectivity index (χ1n) is 6.37. The molecule has 0 bridgehead atoms. The average Bonchev–Trinajstić information content (AvgIpc) is 2.36. The van der Waals surface area contributed by atoms with Crippen molar-refractivity contribution in [2.75, 3.05) is 13.2 Å². The number of ether oxygens (including phenoxy) is 1. The molecule has 1 aromatic rings. The first-order chi connectivity index (χ1) is 8.70. The van der Waals surface area contributed by atoms with E-state index in [-0.39, 0.29) is 17.6 Å². The van der Waals surface area contributed by atoms with Crippen LogP contribution in [0.5, 0.6) is 5.75 Å². The molecule has 2 N–H and O–H groups in total. The van der Waals surface area contributed by atoms with Crippen molar-refractivity contribution in [1.82, 2.24) is 5.32 Å². The Hall–Kier alpha value is -1.55. The molecule has 0 aromatic heterocycles. The second-order valence-electron chi connectivity index (χ2n) is 4.65. The molecular weight excluding hydrogens is 230 g/mol. The average molecular weight is 249 g/mol. The number of hydrogen-bond donors (Lipinski definition) is 2. The number of rotatable bonds is 4. The van der Waals surface area contributed by atoms with Gasteiger partial charge in [0.05, 0.1) is 13.2 Å². The van der Waals surface area contributed by atoms with Crippen LogP contribution in [0.25, 0.3) is 0 Å². The van der Waals surface area contributed by atoms with Crippen molar-refractivity contribution in [2.45, 2.75) is 32.3 Å². The maximum Gasteiger partial charge on any atom is 0.220 e. The minimum absolute atomic E-state index is 0.0865. The molecule has 4 heteroatoms. The van der Waals surface area contributed by atoms with E-state index < -0.39 is 0 Å². The Labute approximate surface area is 107 Å². The standard InChI is InChI=1S/C14H19NO3/c1-2-3-14(17)15-7-11-9-18-8-10-6-12(16)4-5-13(10)11/h4-6,11,16H,2-3,7-9H2,1H3,(H,15,17). The van der Waals surface area contributed by atoms with E-state index in [2.05, 4.69) is 5.32 Å². The summed E-state index contributed by atoms with van der Waals surface area (Å²) in [4.78, 5) is 11.5. The molecule has 0 aliphatic carbocycles. The predicted molar refractivity (Wildman–Crippen MR) is 68.4 cm³/mol. The van der Waals surface area contributed by atoms with Crippen molar-refractivity contribution in [2.24, 2.45) is 0 Å². The van der Waals surface area contributed by atoms with Gasteiger partial charge in [0, 0.05) is 18.9 Å². The van der Waals surface area contributed by atoms with Crippen LogP contribution in [-0.2, 0) is 16.1 Å². The molecule has 1 unspecified atom stereocenters. The summed E-state index contributed by atoms with van der Waals surface area (Å²) in [7, 11) is 0. The van der Waals surface area contributed by atoms with Crippen molar-refractivity contribution >= 4 is 5.91 Å². The van der Waals surface area contributed by atoms with Crippen LogP contribution in [0.4, 0.5) is 0 Å². The number of nitrogens with one attached hydrogen (secondary N) is 1.